The molecule has 0 bridgehead atoms. The highest BCUT2D eigenvalue weighted by atomic mass is 31.2. The van der Waals surface area contributed by atoms with E-state index in [9.17, 15) is 38.5 Å². The van der Waals surface area contributed by atoms with Gasteiger partial charge in [-0.2, -0.15) is 0 Å². The van der Waals surface area contributed by atoms with Crippen LogP contribution in [0.25, 0.3) is 0 Å². The zero-order chi connectivity index (χ0) is 43.0. The molecule has 4 unspecified atom stereocenters. The van der Waals surface area contributed by atoms with Crippen molar-refractivity contribution < 1.29 is 52.1 Å². The summed E-state index contributed by atoms with van der Waals surface area (Å²) in [6, 6.07) is 0. The van der Waals surface area contributed by atoms with E-state index >= 15 is 0 Å². The molecule has 4 N–H and O–H groups in total. The number of hydrogen-bond donors (Lipinski definition) is 4. The standard InChI is InChI=1S/C31H60O5.C10H12N2O8P2/c1-3-5-7-9-11-13-15-17-19-21-23-25-28(33)31(29(34)27-32)36-30(35)26-24-22-20-18-16-14-12-10-8-6-4-2;1-6-4-12(10(14)11-9(6)13)8-3-2-7(19-8)5-18-22(17)20-21(15)16/h29,31-32,34H,3-27H2,1-2H3;4,7-8H,2-3,5H2,1H3/p+2/t;7-,8+/m.0/s1. The molecular formula is C41H74N2O13P2+2. The van der Waals surface area contributed by atoms with Crippen LogP contribution in [0.2, 0.25) is 0 Å². The van der Waals surface area contributed by atoms with Gasteiger partial charge in [0.05, 0.1) is 12.7 Å². The molecule has 6 atom stereocenters. The molecular weight excluding hydrogens is 790 g/mol. The van der Waals surface area contributed by atoms with Gasteiger partial charge in [0.2, 0.25) is 0 Å². The molecule has 0 amide bonds. The fourth-order valence-electron chi connectivity index (χ4n) is 6.73. The third-order valence-corrected chi connectivity index (χ3v) is 11.6. The number of nitrogens with zero attached hydrogens (tertiary/aromatic N) is 1. The van der Waals surface area contributed by atoms with Crippen molar-refractivity contribution in [3.05, 3.63) is 32.6 Å². The lowest BCUT2D eigenvalue weighted by Crippen LogP contribution is -2.40. The number of carbonyl (C=O) groups is 2. The van der Waals surface area contributed by atoms with E-state index in [2.05, 4.69) is 23.1 Å². The monoisotopic (exact) mass is 864 g/mol. The van der Waals surface area contributed by atoms with E-state index in [1.165, 1.54) is 113 Å². The number of carbonyl (C=O) groups excluding carboxylic acids is 2. The van der Waals surface area contributed by atoms with E-state index in [1.807, 2.05) is 0 Å². The minimum atomic E-state index is -3.00. The first kappa shape index (κ1) is 53.8. The summed E-state index contributed by atoms with van der Waals surface area (Å²) >= 11 is 0. The zero-order valence-electron chi connectivity index (χ0n) is 35.5. The van der Waals surface area contributed by atoms with E-state index in [1.54, 1.807) is 6.92 Å². The number of aliphatic hydroxyl groups is 2. The van der Waals surface area contributed by atoms with Crippen molar-refractivity contribution in [1.82, 2.24) is 9.55 Å². The summed E-state index contributed by atoms with van der Waals surface area (Å²) in [6.07, 6.45) is 25.8. The van der Waals surface area contributed by atoms with Crippen LogP contribution < -0.4 is 11.2 Å². The molecule has 1 aliphatic heterocycles. The quantitative estimate of drug-likeness (QED) is 0.0289. The first-order chi connectivity index (χ1) is 27.9. The number of aryl methyl sites for hydroxylation is 1. The Morgan fingerprint density at radius 1 is 0.810 bits per heavy atom. The molecule has 0 aliphatic carbocycles. The van der Waals surface area contributed by atoms with Crippen LogP contribution in [-0.2, 0) is 37.0 Å². The van der Waals surface area contributed by atoms with Gasteiger partial charge in [-0.25, -0.2) is 4.79 Å². The SMILES string of the molecule is CCCCCCCCCCCCCC(=O)OC(C(=O)CCCCCCCCCCCCC)C(O)CO.Cc1cn([C@H]2CC[C@@H](CO[P+](=O)O[P+](=O)O)O2)c(=O)[nH]c1=O. The molecule has 0 spiro atoms. The van der Waals surface area contributed by atoms with Gasteiger partial charge in [0, 0.05) is 33.7 Å². The van der Waals surface area contributed by atoms with E-state index < -0.39 is 64.9 Å². The molecule has 1 aromatic rings. The maximum atomic E-state index is 12.6. The Bertz CT molecular complexity index is 1410. The summed E-state index contributed by atoms with van der Waals surface area (Å²) in [5.74, 6) is -0.726. The number of ether oxygens (including phenoxy) is 2. The Morgan fingerprint density at radius 2 is 1.29 bits per heavy atom. The summed E-state index contributed by atoms with van der Waals surface area (Å²) in [6.45, 7) is 5.36. The van der Waals surface area contributed by atoms with E-state index in [-0.39, 0.29) is 25.2 Å². The summed E-state index contributed by atoms with van der Waals surface area (Å²) in [4.78, 5) is 58.4. The van der Waals surface area contributed by atoms with Gasteiger partial charge in [0.1, 0.15) is 18.9 Å². The van der Waals surface area contributed by atoms with Crippen LogP contribution in [0, 0.1) is 6.92 Å². The Hall–Kier alpha value is -2.22. The predicted octanol–water partition coefficient (Wildman–Crippen LogP) is 9.09. The van der Waals surface area contributed by atoms with E-state index in [0.717, 1.165) is 38.5 Å². The van der Waals surface area contributed by atoms with Crippen molar-refractivity contribution in [3.63, 3.8) is 0 Å². The van der Waals surface area contributed by atoms with Crippen LogP contribution >= 0.6 is 16.5 Å². The van der Waals surface area contributed by atoms with Crippen molar-refractivity contribution in [2.45, 2.75) is 212 Å². The molecule has 334 valence electrons. The van der Waals surface area contributed by atoms with Crippen molar-refractivity contribution in [1.29, 1.82) is 0 Å². The Labute approximate surface area is 347 Å². The fraction of sp³-hybridized carbons (Fsp3) is 0.854. The second-order valence-corrected chi connectivity index (χ2v) is 17.1. The van der Waals surface area contributed by atoms with E-state index in [4.69, 9.17) is 18.9 Å². The van der Waals surface area contributed by atoms with Gasteiger partial charge in [-0.3, -0.25) is 23.9 Å². The van der Waals surface area contributed by atoms with Gasteiger partial charge in [-0.05, 0) is 32.6 Å². The van der Waals surface area contributed by atoms with Crippen molar-refractivity contribution >= 4 is 28.3 Å². The first-order valence-corrected chi connectivity index (χ1v) is 24.1. The summed E-state index contributed by atoms with van der Waals surface area (Å²) in [7, 11) is -5.70. The molecule has 1 saturated heterocycles. The van der Waals surface area contributed by atoms with Crippen LogP contribution in [0.3, 0.4) is 0 Å². The molecule has 2 rings (SSSR count). The maximum absolute atomic E-state index is 12.6. The Kier molecular flexibility index (Phi) is 32.0. The number of esters is 1. The number of nitrogens with one attached hydrogen (secondary N) is 1. The third-order valence-electron chi connectivity index (χ3n) is 10.2. The van der Waals surface area contributed by atoms with Crippen molar-refractivity contribution in [2.75, 3.05) is 13.2 Å². The Balaban J connectivity index is 0.000000647. The molecule has 58 heavy (non-hydrogen) atoms. The number of aromatic nitrogens is 2. The average Bonchev–Trinajstić information content (AvgIpc) is 3.67. The number of Topliss-reactive ketones (excluding diaryl/α,β-unsaturated/α-hetero) is 1. The second kappa shape index (κ2) is 34.5. The van der Waals surface area contributed by atoms with Gasteiger partial charge in [0.15, 0.2) is 16.2 Å². The smallest absolute Gasteiger partial charge is 0.451 e. The number of aromatic amines is 1. The molecule has 1 fully saturated rings. The number of aliphatic hydroxyl groups excluding tert-OH is 2. The van der Waals surface area contributed by atoms with Crippen LogP contribution in [-0.4, -0.2) is 67.9 Å². The molecule has 15 nitrogen and oxygen atoms in total. The van der Waals surface area contributed by atoms with Gasteiger partial charge in [-0.1, -0.05) is 142 Å². The second-order valence-electron chi connectivity index (χ2n) is 15.3. The van der Waals surface area contributed by atoms with Crippen molar-refractivity contribution in [2.24, 2.45) is 0 Å². The van der Waals surface area contributed by atoms with Crippen LogP contribution in [0.1, 0.15) is 193 Å². The topological polar surface area (TPSA) is 221 Å². The zero-order valence-corrected chi connectivity index (χ0v) is 37.2. The minimum Gasteiger partial charge on any atom is -0.451 e. The largest absolute Gasteiger partial charge is 0.747 e. The number of ketones is 1. The minimum absolute atomic E-state index is 0.105. The van der Waals surface area contributed by atoms with Crippen LogP contribution in [0.4, 0.5) is 0 Å². The molecule has 1 aromatic heterocycles. The number of hydrogen-bond acceptors (Lipinski definition) is 12. The lowest BCUT2D eigenvalue weighted by atomic mass is 10.0. The number of H-pyrrole nitrogens is 1. The summed E-state index contributed by atoms with van der Waals surface area (Å²) in [5, 5.41) is 19.3. The first-order valence-electron chi connectivity index (χ1n) is 21.9. The van der Waals surface area contributed by atoms with Gasteiger partial charge < -0.3 is 19.7 Å². The third kappa shape index (κ3) is 26.1. The van der Waals surface area contributed by atoms with Gasteiger partial charge in [0.25, 0.3) is 5.56 Å². The molecule has 0 aromatic carbocycles. The van der Waals surface area contributed by atoms with Gasteiger partial charge >= 0.3 is 28.2 Å². The van der Waals surface area contributed by atoms with Crippen molar-refractivity contribution in [3.8, 4) is 0 Å². The Morgan fingerprint density at radius 3 is 1.78 bits per heavy atom. The molecule has 0 saturated carbocycles. The maximum Gasteiger partial charge on any atom is 0.747 e. The highest BCUT2D eigenvalue weighted by Crippen LogP contribution is 2.37. The highest BCUT2D eigenvalue weighted by molar-refractivity contribution is 7.47. The number of unbranched alkanes of at least 4 members (excludes halogenated alkanes) is 20. The molecule has 0 radical (unpaired) electrons. The molecule has 1 aliphatic rings. The average molecular weight is 865 g/mol. The normalized spacial score (nSPS) is 16.7. The van der Waals surface area contributed by atoms with Crippen LogP contribution in [0.15, 0.2) is 15.8 Å². The molecule has 2 heterocycles. The highest BCUT2D eigenvalue weighted by Gasteiger charge is 2.39. The molecule has 17 heteroatoms. The van der Waals surface area contributed by atoms with Crippen LogP contribution in [0.5, 0.6) is 0 Å². The lowest BCUT2D eigenvalue weighted by molar-refractivity contribution is -0.163. The van der Waals surface area contributed by atoms with Gasteiger partial charge in [-0.15, -0.1) is 9.42 Å². The summed E-state index contributed by atoms with van der Waals surface area (Å²) < 4.78 is 42.4. The number of rotatable bonds is 34. The summed E-state index contributed by atoms with van der Waals surface area (Å²) in [5.41, 5.74) is -0.647. The predicted molar refractivity (Wildman–Crippen MR) is 224 cm³/mol. The van der Waals surface area contributed by atoms with E-state index in [0.29, 0.717) is 18.4 Å². The fourth-order valence-corrected chi connectivity index (χ4v) is 7.67. The lowest BCUT2D eigenvalue weighted by Gasteiger charge is -2.20.